The molecule has 0 atom stereocenters. The molecular formula is C17H19BrN2O4. The molecule has 1 fully saturated rings. The Kier molecular flexibility index (Phi) is 4.80. The first-order valence-corrected chi connectivity index (χ1v) is 8.60. The number of benzene rings is 1. The molecule has 1 aliphatic carbocycles. The summed E-state index contributed by atoms with van der Waals surface area (Å²) in [4.78, 5) is 11.1. The number of carboxylic acid groups (broad SMARTS) is 1. The Labute approximate surface area is 148 Å². The summed E-state index contributed by atoms with van der Waals surface area (Å²) in [6.45, 7) is 0. The Morgan fingerprint density at radius 2 is 2.04 bits per heavy atom. The highest BCUT2D eigenvalue weighted by Crippen LogP contribution is 2.41. The van der Waals surface area contributed by atoms with E-state index in [-0.39, 0.29) is 11.8 Å². The summed E-state index contributed by atoms with van der Waals surface area (Å²) in [5.41, 5.74) is 1.53. The zero-order chi connectivity index (χ0) is 17.3. The van der Waals surface area contributed by atoms with Crippen LogP contribution in [0.1, 0.15) is 36.2 Å². The van der Waals surface area contributed by atoms with Crippen molar-refractivity contribution in [3.8, 4) is 22.8 Å². The van der Waals surface area contributed by atoms with Gasteiger partial charge in [0.1, 0.15) is 0 Å². The van der Waals surface area contributed by atoms with Crippen molar-refractivity contribution >= 4 is 21.9 Å². The van der Waals surface area contributed by atoms with Crippen LogP contribution < -0.4 is 9.47 Å². The van der Waals surface area contributed by atoms with Crippen LogP contribution >= 0.6 is 15.9 Å². The molecule has 24 heavy (non-hydrogen) atoms. The fourth-order valence-corrected chi connectivity index (χ4v) is 3.63. The van der Waals surface area contributed by atoms with E-state index in [9.17, 15) is 4.79 Å². The van der Waals surface area contributed by atoms with E-state index in [1.807, 2.05) is 12.1 Å². The van der Waals surface area contributed by atoms with Gasteiger partial charge in [0, 0.05) is 12.6 Å². The first kappa shape index (κ1) is 16.8. The SMILES string of the molecule is COc1c(Br)cc(-c2cc(C(=O)O)nn2C)cc1OC1CCCC1. The normalized spacial score (nSPS) is 14.8. The molecule has 1 aliphatic rings. The van der Waals surface area contributed by atoms with E-state index >= 15 is 0 Å². The molecule has 6 nitrogen and oxygen atoms in total. The maximum absolute atomic E-state index is 11.1. The number of aromatic nitrogens is 2. The van der Waals surface area contributed by atoms with Crippen molar-refractivity contribution in [3.05, 3.63) is 28.4 Å². The molecule has 2 aromatic rings. The number of methoxy groups -OCH3 is 1. The monoisotopic (exact) mass is 394 g/mol. The lowest BCUT2D eigenvalue weighted by Crippen LogP contribution is -2.12. The van der Waals surface area contributed by atoms with E-state index in [1.165, 1.54) is 12.8 Å². The second-order valence-electron chi connectivity index (χ2n) is 5.86. The molecular weight excluding hydrogens is 376 g/mol. The average molecular weight is 395 g/mol. The third-order valence-corrected chi connectivity index (χ3v) is 4.79. The number of rotatable bonds is 5. The lowest BCUT2D eigenvalue weighted by atomic mass is 10.1. The van der Waals surface area contributed by atoms with Gasteiger partial charge in [0.2, 0.25) is 0 Å². The van der Waals surface area contributed by atoms with E-state index < -0.39 is 5.97 Å². The van der Waals surface area contributed by atoms with Crippen molar-refractivity contribution < 1.29 is 19.4 Å². The fourth-order valence-electron chi connectivity index (χ4n) is 3.03. The van der Waals surface area contributed by atoms with Crippen LogP contribution in [0.3, 0.4) is 0 Å². The quantitative estimate of drug-likeness (QED) is 0.832. The molecule has 0 spiro atoms. The van der Waals surface area contributed by atoms with Crippen molar-refractivity contribution in [2.24, 2.45) is 7.05 Å². The number of hydrogen-bond donors (Lipinski definition) is 1. The Morgan fingerprint density at radius 1 is 1.33 bits per heavy atom. The number of aromatic carboxylic acids is 1. The summed E-state index contributed by atoms with van der Waals surface area (Å²) in [5, 5.41) is 13.1. The molecule has 7 heteroatoms. The average Bonchev–Trinajstić information content (AvgIpc) is 3.16. The molecule has 1 saturated carbocycles. The van der Waals surface area contributed by atoms with E-state index in [1.54, 1.807) is 24.9 Å². The predicted octanol–water partition coefficient (Wildman–Crippen LogP) is 3.88. The van der Waals surface area contributed by atoms with E-state index in [0.717, 1.165) is 22.9 Å². The van der Waals surface area contributed by atoms with Crippen LogP contribution in [0.2, 0.25) is 0 Å². The number of hydrogen-bond acceptors (Lipinski definition) is 4. The second-order valence-corrected chi connectivity index (χ2v) is 6.71. The van der Waals surface area contributed by atoms with Gasteiger partial charge in [-0.1, -0.05) is 0 Å². The van der Waals surface area contributed by atoms with Gasteiger partial charge >= 0.3 is 5.97 Å². The highest BCUT2D eigenvalue weighted by molar-refractivity contribution is 9.10. The van der Waals surface area contributed by atoms with Gasteiger partial charge in [0.15, 0.2) is 17.2 Å². The summed E-state index contributed by atoms with van der Waals surface area (Å²) in [6, 6.07) is 5.31. The summed E-state index contributed by atoms with van der Waals surface area (Å²) in [5.74, 6) is 0.255. The van der Waals surface area contributed by atoms with Gasteiger partial charge in [0.05, 0.1) is 23.4 Å². The van der Waals surface area contributed by atoms with Gasteiger partial charge in [0.25, 0.3) is 0 Å². The molecule has 0 saturated heterocycles. The van der Waals surface area contributed by atoms with Gasteiger partial charge in [-0.3, -0.25) is 4.68 Å². The lowest BCUT2D eigenvalue weighted by Gasteiger charge is -2.18. The highest BCUT2D eigenvalue weighted by atomic mass is 79.9. The van der Waals surface area contributed by atoms with Crippen LogP contribution in [0.25, 0.3) is 11.3 Å². The molecule has 1 aromatic heterocycles. The zero-order valence-electron chi connectivity index (χ0n) is 13.6. The van der Waals surface area contributed by atoms with Crippen molar-refractivity contribution in [1.82, 2.24) is 9.78 Å². The minimum absolute atomic E-state index is 0.0118. The molecule has 0 aliphatic heterocycles. The lowest BCUT2D eigenvalue weighted by molar-refractivity contribution is 0.0689. The topological polar surface area (TPSA) is 73.6 Å². The fraction of sp³-hybridized carbons (Fsp3) is 0.412. The van der Waals surface area contributed by atoms with Crippen LogP contribution in [0.4, 0.5) is 0 Å². The first-order valence-electron chi connectivity index (χ1n) is 7.81. The minimum atomic E-state index is -1.05. The van der Waals surface area contributed by atoms with Crippen LogP contribution in [-0.4, -0.2) is 34.1 Å². The van der Waals surface area contributed by atoms with Crippen LogP contribution in [0.15, 0.2) is 22.7 Å². The number of nitrogens with zero attached hydrogens (tertiary/aromatic N) is 2. The van der Waals surface area contributed by atoms with Crippen LogP contribution in [0, 0.1) is 0 Å². The highest BCUT2D eigenvalue weighted by Gasteiger charge is 2.21. The van der Waals surface area contributed by atoms with Gasteiger partial charge in [-0.15, -0.1) is 0 Å². The summed E-state index contributed by atoms with van der Waals surface area (Å²) < 4.78 is 13.9. The van der Waals surface area contributed by atoms with E-state index in [2.05, 4.69) is 21.0 Å². The predicted molar refractivity (Wildman–Crippen MR) is 92.7 cm³/mol. The number of ether oxygens (including phenoxy) is 2. The van der Waals surface area contributed by atoms with Crippen LogP contribution in [-0.2, 0) is 7.05 Å². The number of aryl methyl sites for hydroxylation is 1. The molecule has 0 bridgehead atoms. The van der Waals surface area contributed by atoms with E-state index in [0.29, 0.717) is 17.2 Å². The summed E-state index contributed by atoms with van der Waals surface area (Å²) in [7, 11) is 3.32. The molecule has 128 valence electrons. The molecule has 1 N–H and O–H groups in total. The molecule has 0 radical (unpaired) electrons. The van der Waals surface area contributed by atoms with Crippen molar-refractivity contribution in [1.29, 1.82) is 0 Å². The van der Waals surface area contributed by atoms with Gasteiger partial charge in [-0.25, -0.2) is 4.79 Å². The Morgan fingerprint density at radius 3 is 2.62 bits per heavy atom. The van der Waals surface area contributed by atoms with Crippen LogP contribution in [0.5, 0.6) is 11.5 Å². The summed E-state index contributed by atoms with van der Waals surface area (Å²) in [6.07, 6.45) is 4.64. The van der Waals surface area contributed by atoms with Crippen molar-refractivity contribution in [2.45, 2.75) is 31.8 Å². The third kappa shape index (κ3) is 3.26. The first-order chi connectivity index (χ1) is 11.5. The molecule has 1 aromatic carbocycles. The Hall–Kier alpha value is -2.02. The Bertz CT molecular complexity index is 766. The van der Waals surface area contributed by atoms with Gasteiger partial charge in [-0.05, 0) is 59.8 Å². The van der Waals surface area contributed by atoms with Crippen molar-refractivity contribution in [2.75, 3.05) is 7.11 Å². The standard InChI is InChI=1S/C17H19BrN2O4/c1-20-14(9-13(19-20)17(21)22)10-7-12(18)16(23-2)15(8-10)24-11-5-3-4-6-11/h7-9,11H,3-6H2,1-2H3,(H,21,22). The van der Waals surface area contributed by atoms with Crippen molar-refractivity contribution in [3.63, 3.8) is 0 Å². The summed E-state index contributed by atoms with van der Waals surface area (Å²) >= 11 is 3.51. The minimum Gasteiger partial charge on any atom is -0.492 e. The maximum atomic E-state index is 11.1. The number of carboxylic acids is 1. The molecule has 3 rings (SSSR count). The largest absolute Gasteiger partial charge is 0.492 e. The second kappa shape index (κ2) is 6.84. The maximum Gasteiger partial charge on any atom is 0.356 e. The third-order valence-electron chi connectivity index (χ3n) is 4.20. The van der Waals surface area contributed by atoms with Gasteiger partial charge < -0.3 is 14.6 Å². The zero-order valence-corrected chi connectivity index (χ0v) is 15.2. The smallest absolute Gasteiger partial charge is 0.356 e. The molecule has 1 heterocycles. The number of carbonyl (C=O) groups is 1. The van der Waals surface area contributed by atoms with E-state index in [4.69, 9.17) is 14.6 Å². The molecule has 0 amide bonds. The number of halogens is 1. The molecule has 0 unspecified atom stereocenters. The van der Waals surface area contributed by atoms with Gasteiger partial charge in [-0.2, -0.15) is 5.10 Å². The Balaban J connectivity index is 2.02.